The number of aromatic hydroxyl groups is 1. The first-order chi connectivity index (χ1) is 25.7. The maximum absolute atomic E-state index is 15.2. The van der Waals surface area contributed by atoms with Crippen molar-refractivity contribution in [1.29, 1.82) is 0 Å². The molecule has 14 heteroatoms. The van der Waals surface area contributed by atoms with Crippen LogP contribution in [0.4, 0.5) is 15.0 Å². The number of fused-ring (bicyclic) bond motifs is 1. The molecular formula is C39H48FN9O4. The SMILES string of the molecule is C=CCN1CC(=O)N2C(Cc3ccc(O)cc3F)C(=O)N(Cc3cccc(N4CC(N5CCN(CC)CC5)C4)n3)CC2N1C(=O)NCc1ccccc1. The Morgan fingerprint density at radius 3 is 2.51 bits per heavy atom. The van der Waals surface area contributed by atoms with Gasteiger partial charge in [-0.15, -0.1) is 6.58 Å². The van der Waals surface area contributed by atoms with Crippen molar-refractivity contribution in [2.45, 2.75) is 44.7 Å². The third kappa shape index (κ3) is 7.85. The summed E-state index contributed by atoms with van der Waals surface area (Å²) >= 11 is 0. The van der Waals surface area contributed by atoms with Gasteiger partial charge in [0.05, 0.1) is 25.3 Å². The Kier molecular flexibility index (Phi) is 10.9. The van der Waals surface area contributed by atoms with Crippen LogP contribution in [0.5, 0.6) is 5.75 Å². The molecule has 4 aliphatic rings. The first-order valence-corrected chi connectivity index (χ1v) is 18.4. The number of likely N-dealkylation sites (N-methyl/N-ethyl adjacent to an activating group) is 1. The number of halogens is 1. The molecule has 280 valence electrons. The number of aromatic nitrogens is 1. The molecule has 0 saturated carbocycles. The molecule has 53 heavy (non-hydrogen) atoms. The van der Waals surface area contributed by atoms with Crippen molar-refractivity contribution in [3.63, 3.8) is 0 Å². The highest BCUT2D eigenvalue weighted by atomic mass is 19.1. The second-order valence-electron chi connectivity index (χ2n) is 14.1. The van der Waals surface area contributed by atoms with E-state index in [-0.39, 0.29) is 62.3 Å². The quantitative estimate of drug-likeness (QED) is 0.288. The number of pyridine rings is 1. The molecule has 0 aliphatic carbocycles. The zero-order valence-corrected chi connectivity index (χ0v) is 30.2. The Balaban J connectivity index is 1.14. The van der Waals surface area contributed by atoms with Crippen LogP contribution in [0.15, 0.2) is 79.4 Å². The highest BCUT2D eigenvalue weighted by Gasteiger charge is 2.51. The van der Waals surface area contributed by atoms with Gasteiger partial charge in [-0.05, 0) is 35.9 Å². The number of hydrogen-bond donors (Lipinski definition) is 2. The molecule has 2 N–H and O–H groups in total. The van der Waals surface area contributed by atoms with Gasteiger partial charge in [0.1, 0.15) is 29.6 Å². The number of carbonyl (C=O) groups excluding carboxylic acids is 3. The Hall–Kier alpha value is -5.05. The van der Waals surface area contributed by atoms with E-state index in [2.05, 4.69) is 33.5 Å². The maximum atomic E-state index is 15.2. The lowest BCUT2D eigenvalue weighted by atomic mass is 9.98. The molecule has 3 aromatic rings. The molecule has 13 nitrogen and oxygen atoms in total. The summed E-state index contributed by atoms with van der Waals surface area (Å²) in [6, 6.07) is 18.0. The predicted molar refractivity (Wildman–Crippen MR) is 198 cm³/mol. The number of urea groups is 1. The van der Waals surface area contributed by atoms with Crippen LogP contribution in [-0.4, -0.2) is 141 Å². The molecule has 4 fully saturated rings. The third-order valence-corrected chi connectivity index (χ3v) is 10.8. The van der Waals surface area contributed by atoms with E-state index in [9.17, 15) is 19.5 Å². The summed E-state index contributed by atoms with van der Waals surface area (Å²) in [7, 11) is 0. The fourth-order valence-corrected chi connectivity index (χ4v) is 7.85. The van der Waals surface area contributed by atoms with Gasteiger partial charge in [-0.3, -0.25) is 14.5 Å². The molecule has 0 radical (unpaired) electrons. The van der Waals surface area contributed by atoms with Crippen molar-refractivity contribution >= 4 is 23.7 Å². The van der Waals surface area contributed by atoms with E-state index in [4.69, 9.17) is 4.98 Å². The van der Waals surface area contributed by atoms with Crippen LogP contribution in [0, 0.1) is 5.82 Å². The average Bonchev–Trinajstić information content (AvgIpc) is 3.14. The number of hydrazine groups is 1. The van der Waals surface area contributed by atoms with E-state index in [1.807, 2.05) is 48.5 Å². The van der Waals surface area contributed by atoms with E-state index in [0.29, 0.717) is 11.7 Å². The fourth-order valence-electron chi connectivity index (χ4n) is 7.85. The van der Waals surface area contributed by atoms with Crippen molar-refractivity contribution < 1.29 is 23.9 Å². The summed E-state index contributed by atoms with van der Waals surface area (Å²) in [5, 5.41) is 16.0. The number of carbonyl (C=O) groups is 3. The molecule has 4 aliphatic heterocycles. The molecule has 5 heterocycles. The van der Waals surface area contributed by atoms with Crippen LogP contribution in [-0.2, 0) is 29.1 Å². The third-order valence-electron chi connectivity index (χ3n) is 10.8. The zero-order chi connectivity index (χ0) is 37.1. The van der Waals surface area contributed by atoms with E-state index in [1.165, 1.54) is 22.0 Å². The number of benzene rings is 2. The number of phenols is 1. The van der Waals surface area contributed by atoms with Gasteiger partial charge in [-0.25, -0.2) is 24.2 Å². The van der Waals surface area contributed by atoms with Crippen molar-refractivity contribution in [2.24, 2.45) is 0 Å². The minimum atomic E-state index is -1.11. The lowest BCUT2D eigenvalue weighted by Gasteiger charge is -2.55. The maximum Gasteiger partial charge on any atom is 0.334 e. The highest BCUT2D eigenvalue weighted by molar-refractivity contribution is 5.91. The van der Waals surface area contributed by atoms with E-state index in [1.54, 1.807) is 16.0 Å². The van der Waals surface area contributed by atoms with Crippen molar-refractivity contribution in [3.8, 4) is 5.75 Å². The van der Waals surface area contributed by atoms with Gasteiger partial charge < -0.3 is 30.0 Å². The first kappa shape index (κ1) is 36.3. The molecule has 2 aromatic carbocycles. The zero-order valence-electron chi connectivity index (χ0n) is 30.2. The Morgan fingerprint density at radius 1 is 1.02 bits per heavy atom. The predicted octanol–water partition coefficient (Wildman–Crippen LogP) is 2.49. The lowest BCUT2D eigenvalue weighted by Crippen LogP contribution is -2.76. The average molecular weight is 726 g/mol. The minimum absolute atomic E-state index is 0.0208. The Bertz CT molecular complexity index is 1800. The highest BCUT2D eigenvalue weighted by Crippen LogP contribution is 2.31. The summed E-state index contributed by atoms with van der Waals surface area (Å²) in [5.74, 6) is -0.812. The minimum Gasteiger partial charge on any atom is -0.508 e. The van der Waals surface area contributed by atoms with Crippen LogP contribution >= 0.6 is 0 Å². The summed E-state index contributed by atoms with van der Waals surface area (Å²) < 4.78 is 15.2. The van der Waals surface area contributed by atoms with Gasteiger partial charge in [0.15, 0.2) is 0 Å². The summed E-state index contributed by atoms with van der Waals surface area (Å²) in [6.07, 6.45) is 0.596. The fraction of sp³-hybridized carbons (Fsp3) is 0.436. The van der Waals surface area contributed by atoms with E-state index < -0.39 is 24.1 Å². The van der Waals surface area contributed by atoms with Gasteiger partial charge in [-0.1, -0.05) is 55.5 Å². The normalized spacial score (nSPS) is 21.8. The number of rotatable bonds is 11. The van der Waals surface area contributed by atoms with E-state index in [0.717, 1.165) is 63.3 Å². The smallest absolute Gasteiger partial charge is 0.334 e. The summed E-state index contributed by atoms with van der Waals surface area (Å²) in [4.78, 5) is 57.7. The van der Waals surface area contributed by atoms with Gasteiger partial charge in [0.2, 0.25) is 11.8 Å². The van der Waals surface area contributed by atoms with Crippen molar-refractivity contribution in [2.75, 3.05) is 70.3 Å². The number of nitrogens with zero attached hydrogens (tertiary/aromatic N) is 8. The molecule has 4 saturated heterocycles. The van der Waals surface area contributed by atoms with Crippen LogP contribution < -0.4 is 10.2 Å². The number of nitrogens with one attached hydrogen (secondary N) is 1. The molecule has 0 bridgehead atoms. The molecule has 4 amide bonds. The number of anilines is 1. The van der Waals surface area contributed by atoms with Crippen molar-refractivity contribution in [3.05, 3.63) is 102 Å². The van der Waals surface area contributed by atoms with Crippen LogP contribution in [0.25, 0.3) is 0 Å². The second-order valence-corrected chi connectivity index (χ2v) is 14.1. The van der Waals surface area contributed by atoms with Gasteiger partial charge in [0.25, 0.3) is 0 Å². The molecule has 2 atom stereocenters. The van der Waals surface area contributed by atoms with Gasteiger partial charge in [-0.2, -0.15) is 0 Å². The molecule has 2 unspecified atom stereocenters. The Labute approximate surface area is 309 Å². The standard InChI is InChI=1S/C39H48FN9O4/c1-3-15-47-27-37(51)48-34(20-29-13-14-32(50)21-33(29)40)38(52)46(26-36(48)49(47)39(53)41-22-28-9-6-5-7-10-28)23-30-11-8-12-35(42-30)45-24-31(25-45)44-18-16-43(4-2)17-19-44/h3,5-14,21,31,34,36,50H,1,4,15-20,22-27H2,2H3,(H,41,53). The second kappa shape index (κ2) is 15.9. The first-order valence-electron chi connectivity index (χ1n) is 18.4. The van der Waals surface area contributed by atoms with E-state index >= 15 is 4.39 Å². The Morgan fingerprint density at radius 2 is 1.79 bits per heavy atom. The topological polar surface area (TPSA) is 119 Å². The molecule has 0 spiro atoms. The number of hydrogen-bond acceptors (Lipinski definition) is 9. The van der Waals surface area contributed by atoms with Gasteiger partial charge in [0, 0.05) is 70.9 Å². The summed E-state index contributed by atoms with van der Waals surface area (Å²) in [5.41, 5.74) is 1.75. The number of amides is 4. The van der Waals surface area contributed by atoms with Gasteiger partial charge >= 0.3 is 6.03 Å². The summed E-state index contributed by atoms with van der Waals surface area (Å²) in [6.45, 7) is 13.7. The molecule has 7 rings (SSSR count). The number of phenolic OH excluding ortho intramolecular Hbond substituents is 1. The largest absolute Gasteiger partial charge is 0.508 e. The monoisotopic (exact) mass is 725 g/mol. The number of piperazine rings is 2. The molecular weight excluding hydrogens is 677 g/mol. The van der Waals surface area contributed by atoms with Crippen LogP contribution in [0.3, 0.4) is 0 Å². The lowest BCUT2D eigenvalue weighted by molar-refractivity contribution is -0.189. The van der Waals surface area contributed by atoms with Crippen molar-refractivity contribution in [1.82, 2.24) is 39.9 Å². The molecule has 1 aromatic heterocycles. The van der Waals surface area contributed by atoms with Crippen LogP contribution in [0.2, 0.25) is 0 Å². The van der Waals surface area contributed by atoms with Crippen LogP contribution in [0.1, 0.15) is 23.7 Å².